The second kappa shape index (κ2) is 10.3. The van der Waals surface area contributed by atoms with Gasteiger partial charge in [0.05, 0.1) is 6.54 Å². The Bertz CT molecular complexity index is 408. The first-order valence-electron chi connectivity index (χ1n) is 10.2. The van der Waals surface area contributed by atoms with Gasteiger partial charge in [0.15, 0.2) is 5.96 Å². The van der Waals surface area contributed by atoms with E-state index in [9.17, 15) is 0 Å². The van der Waals surface area contributed by atoms with E-state index in [4.69, 9.17) is 10.7 Å². The average Bonchev–Trinajstić information content (AvgIpc) is 2.63. The van der Waals surface area contributed by atoms with E-state index in [2.05, 4.69) is 22.2 Å². The van der Waals surface area contributed by atoms with Crippen LogP contribution >= 0.6 is 24.0 Å². The monoisotopic (exact) mass is 463 g/mol. The fraction of sp³-hybridized carbons (Fsp3) is 0.947. The summed E-state index contributed by atoms with van der Waals surface area (Å²) in [5, 5.41) is 3.49. The molecule has 0 aromatic heterocycles. The van der Waals surface area contributed by atoms with E-state index in [1.807, 2.05) is 0 Å². The molecule has 25 heavy (non-hydrogen) atoms. The molecule has 0 amide bonds. The lowest BCUT2D eigenvalue weighted by atomic mass is 9.84. The SMILES string of the molecule is CN1CCC(CN=C(N)NC2CCCCC2)(N2CCCCC2)CC1.I. The van der Waals surface area contributed by atoms with Crippen LogP contribution in [0.5, 0.6) is 0 Å². The van der Waals surface area contributed by atoms with Gasteiger partial charge in [-0.25, -0.2) is 0 Å². The molecule has 3 rings (SSSR count). The molecule has 2 heterocycles. The molecular weight excluding hydrogens is 425 g/mol. The second-order valence-corrected chi connectivity index (χ2v) is 8.26. The highest BCUT2D eigenvalue weighted by atomic mass is 127. The highest BCUT2D eigenvalue weighted by Crippen LogP contribution is 2.31. The number of nitrogens with two attached hydrogens (primary N) is 1. The zero-order valence-electron chi connectivity index (χ0n) is 16.0. The first-order chi connectivity index (χ1) is 11.7. The van der Waals surface area contributed by atoms with Crippen molar-refractivity contribution in [3.63, 3.8) is 0 Å². The summed E-state index contributed by atoms with van der Waals surface area (Å²) >= 11 is 0. The summed E-state index contributed by atoms with van der Waals surface area (Å²) in [7, 11) is 2.24. The number of likely N-dealkylation sites (tertiary alicyclic amines) is 2. The molecule has 1 saturated carbocycles. The fourth-order valence-corrected chi connectivity index (χ4v) is 4.71. The standard InChI is InChI=1S/C19H37N5.HI/c1-23-14-10-19(11-15-23,24-12-6-3-7-13-24)16-21-18(20)22-17-8-4-2-5-9-17;/h17H,2-16H2,1H3,(H3,20,21,22);1H. The molecule has 146 valence electrons. The summed E-state index contributed by atoms with van der Waals surface area (Å²) in [4.78, 5) is 10.0. The van der Waals surface area contributed by atoms with E-state index in [1.54, 1.807) is 0 Å². The summed E-state index contributed by atoms with van der Waals surface area (Å²) in [5.41, 5.74) is 6.49. The summed E-state index contributed by atoms with van der Waals surface area (Å²) in [6.45, 7) is 5.72. The Morgan fingerprint density at radius 1 is 1.00 bits per heavy atom. The normalized spacial score (nSPS) is 26.8. The summed E-state index contributed by atoms with van der Waals surface area (Å²) in [5.74, 6) is 0.678. The lowest BCUT2D eigenvalue weighted by Crippen LogP contribution is -2.58. The van der Waals surface area contributed by atoms with Gasteiger partial charge >= 0.3 is 0 Å². The van der Waals surface area contributed by atoms with Gasteiger partial charge in [0, 0.05) is 11.6 Å². The molecule has 5 nitrogen and oxygen atoms in total. The van der Waals surface area contributed by atoms with E-state index in [-0.39, 0.29) is 29.5 Å². The van der Waals surface area contributed by atoms with Gasteiger partial charge in [0.25, 0.3) is 0 Å². The van der Waals surface area contributed by atoms with Crippen molar-refractivity contribution in [1.29, 1.82) is 0 Å². The molecular formula is C19H38IN5. The Hall–Kier alpha value is -0.0800. The molecule has 0 aromatic rings. The Morgan fingerprint density at radius 3 is 2.24 bits per heavy atom. The van der Waals surface area contributed by atoms with Gasteiger partial charge in [-0.15, -0.1) is 24.0 Å². The molecule has 3 fully saturated rings. The number of aliphatic imine (C=N–C) groups is 1. The highest BCUT2D eigenvalue weighted by Gasteiger charge is 2.39. The van der Waals surface area contributed by atoms with Crippen LogP contribution in [0.2, 0.25) is 0 Å². The van der Waals surface area contributed by atoms with Gasteiger partial charge in [-0.2, -0.15) is 0 Å². The van der Waals surface area contributed by atoms with E-state index in [0.29, 0.717) is 12.0 Å². The number of nitrogens with one attached hydrogen (secondary N) is 1. The lowest BCUT2D eigenvalue weighted by molar-refractivity contribution is 0.0208. The predicted octanol–water partition coefficient (Wildman–Crippen LogP) is 2.79. The smallest absolute Gasteiger partial charge is 0.188 e. The third kappa shape index (κ3) is 5.96. The van der Waals surface area contributed by atoms with Crippen LogP contribution < -0.4 is 11.1 Å². The van der Waals surface area contributed by atoms with E-state index >= 15 is 0 Å². The van der Waals surface area contributed by atoms with Crippen molar-refractivity contribution in [2.75, 3.05) is 39.8 Å². The molecule has 2 saturated heterocycles. The van der Waals surface area contributed by atoms with E-state index < -0.39 is 0 Å². The highest BCUT2D eigenvalue weighted by molar-refractivity contribution is 14.0. The van der Waals surface area contributed by atoms with Crippen LogP contribution in [0.15, 0.2) is 4.99 Å². The summed E-state index contributed by atoms with van der Waals surface area (Å²) < 4.78 is 0. The summed E-state index contributed by atoms with van der Waals surface area (Å²) in [6.07, 6.45) is 13.1. The first kappa shape index (κ1) is 21.2. The topological polar surface area (TPSA) is 56.9 Å². The Balaban J connectivity index is 0.00000225. The molecule has 0 spiro atoms. The van der Waals surface area contributed by atoms with Crippen molar-refractivity contribution >= 4 is 29.9 Å². The molecule has 0 aromatic carbocycles. The quantitative estimate of drug-likeness (QED) is 0.383. The third-order valence-corrected chi connectivity index (χ3v) is 6.45. The molecule has 0 unspecified atom stereocenters. The predicted molar refractivity (Wildman–Crippen MR) is 117 cm³/mol. The largest absolute Gasteiger partial charge is 0.370 e. The molecule has 0 bridgehead atoms. The van der Waals surface area contributed by atoms with Crippen LogP contribution in [0, 0.1) is 0 Å². The fourth-order valence-electron chi connectivity index (χ4n) is 4.71. The average molecular weight is 463 g/mol. The number of hydrogen-bond donors (Lipinski definition) is 2. The number of nitrogens with zero attached hydrogens (tertiary/aromatic N) is 3. The van der Waals surface area contributed by atoms with Crippen molar-refractivity contribution in [2.24, 2.45) is 10.7 Å². The van der Waals surface area contributed by atoms with Crippen LogP contribution in [0.25, 0.3) is 0 Å². The van der Waals surface area contributed by atoms with Gasteiger partial charge in [-0.05, 0) is 71.8 Å². The molecule has 3 N–H and O–H groups in total. The zero-order valence-corrected chi connectivity index (χ0v) is 18.3. The molecule has 6 heteroatoms. The number of guanidine groups is 1. The molecule has 0 radical (unpaired) electrons. The minimum atomic E-state index is 0. The first-order valence-corrected chi connectivity index (χ1v) is 10.2. The maximum Gasteiger partial charge on any atom is 0.188 e. The lowest BCUT2D eigenvalue weighted by Gasteiger charge is -2.49. The second-order valence-electron chi connectivity index (χ2n) is 8.26. The zero-order chi connectivity index (χ0) is 16.8. The molecule has 2 aliphatic heterocycles. The number of rotatable bonds is 4. The minimum Gasteiger partial charge on any atom is -0.370 e. The number of hydrogen-bond acceptors (Lipinski definition) is 3. The van der Waals surface area contributed by atoms with Crippen LogP contribution in [0.3, 0.4) is 0 Å². The third-order valence-electron chi connectivity index (χ3n) is 6.45. The van der Waals surface area contributed by atoms with Crippen molar-refractivity contribution in [1.82, 2.24) is 15.1 Å². The Labute approximate surface area is 171 Å². The minimum absolute atomic E-state index is 0. The Morgan fingerprint density at radius 2 is 1.60 bits per heavy atom. The van der Waals surface area contributed by atoms with Crippen molar-refractivity contribution in [3.8, 4) is 0 Å². The Kier molecular flexibility index (Phi) is 8.75. The van der Waals surface area contributed by atoms with Crippen LogP contribution in [-0.4, -0.2) is 67.1 Å². The van der Waals surface area contributed by atoms with Gasteiger partial charge in [0.1, 0.15) is 0 Å². The van der Waals surface area contributed by atoms with Crippen molar-refractivity contribution < 1.29 is 0 Å². The maximum atomic E-state index is 6.25. The maximum absolute atomic E-state index is 6.25. The van der Waals surface area contributed by atoms with Gasteiger partial charge < -0.3 is 16.0 Å². The van der Waals surface area contributed by atoms with E-state index in [0.717, 1.165) is 6.54 Å². The van der Waals surface area contributed by atoms with Crippen LogP contribution in [0.4, 0.5) is 0 Å². The van der Waals surface area contributed by atoms with Crippen molar-refractivity contribution in [2.45, 2.75) is 75.8 Å². The van der Waals surface area contributed by atoms with Gasteiger partial charge in [-0.3, -0.25) is 9.89 Å². The molecule has 3 aliphatic rings. The van der Waals surface area contributed by atoms with Gasteiger partial charge in [0.2, 0.25) is 0 Å². The van der Waals surface area contributed by atoms with E-state index in [1.165, 1.54) is 90.4 Å². The van der Waals surface area contributed by atoms with Crippen LogP contribution in [-0.2, 0) is 0 Å². The van der Waals surface area contributed by atoms with Gasteiger partial charge in [-0.1, -0.05) is 25.7 Å². The number of piperidine rings is 2. The van der Waals surface area contributed by atoms with Crippen molar-refractivity contribution in [3.05, 3.63) is 0 Å². The molecule has 0 atom stereocenters. The number of halogens is 1. The summed E-state index contributed by atoms with van der Waals surface area (Å²) in [6, 6.07) is 0.547. The van der Waals surface area contributed by atoms with Crippen LogP contribution in [0.1, 0.15) is 64.2 Å². The molecule has 1 aliphatic carbocycles.